The number of aryl methyl sites for hydroxylation is 1. The fourth-order valence-corrected chi connectivity index (χ4v) is 3.27. The topological polar surface area (TPSA) is 35.0 Å². The van der Waals surface area contributed by atoms with Crippen molar-refractivity contribution in [1.29, 1.82) is 0 Å². The lowest BCUT2D eigenvalue weighted by Crippen LogP contribution is -2.09. The van der Waals surface area contributed by atoms with Crippen LogP contribution in [0.5, 0.6) is 0 Å². The molecule has 3 nitrogen and oxygen atoms in total. The number of nitrogens with zero attached hydrogens (tertiary/aromatic N) is 2. The van der Waals surface area contributed by atoms with E-state index in [1.807, 2.05) is 6.92 Å². The van der Waals surface area contributed by atoms with Gasteiger partial charge < -0.3 is 4.74 Å². The summed E-state index contributed by atoms with van der Waals surface area (Å²) in [7, 11) is 0. The molecule has 18 heavy (non-hydrogen) atoms. The molecule has 1 atom stereocenters. The molecule has 0 aromatic carbocycles. The zero-order valence-corrected chi connectivity index (χ0v) is 12.5. The van der Waals surface area contributed by atoms with Crippen LogP contribution in [0.25, 0.3) is 0 Å². The highest BCUT2D eigenvalue weighted by atomic mass is 35.5. The molecular weight excluding hydrogens is 268 g/mol. The highest BCUT2D eigenvalue weighted by molar-refractivity contribution is 7.99. The molecule has 0 aliphatic carbocycles. The van der Waals surface area contributed by atoms with Gasteiger partial charge in [-0.1, -0.05) is 18.5 Å². The van der Waals surface area contributed by atoms with Crippen LogP contribution in [0.2, 0.25) is 5.15 Å². The Hall–Kier alpha value is -0.320. The van der Waals surface area contributed by atoms with Gasteiger partial charge in [0.2, 0.25) is 0 Å². The fraction of sp³-hybridized carbons (Fsp3) is 0.692. The predicted molar refractivity (Wildman–Crippen MR) is 75.5 cm³/mol. The number of rotatable bonds is 5. The Balaban J connectivity index is 2.05. The number of halogens is 1. The van der Waals surface area contributed by atoms with E-state index in [1.165, 1.54) is 6.42 Å². The molecule has 0 radical (unpaired) electrons. The molecule has 0 N–H and O–H groups in total. The van der Waals surface area contributed by atoms with E-state index in [0.29, 0.717) is 11.3 Å². The van der Waals surface area contributed by atoms with Crippen molar-refractivity contribution >= 4 is 23.4 Å². The average Bonchev–Trinajstić information content (AvgIpc) is 2.85. The molecule has 2 rings (SSSR count). The molecule has 5 heteroatoms. The first-order chi connectivity index (χ1) is 8.70. The maximum atomic E-state index is 6.15. The summed E-state index contributed by atoms with van der Waals surface area (Å²) < 4.78 is 5.63. The van der Waals surface area contributed by atoms with Crippen LogP contribution in [0, 0.1) is 6.92 Å². The smallest absolute Gasteiger partial charge is 0.136 e. The molecule has 0 spiro atoms. The molecule has 1 unspecified atom stereocenters. The lowest BCUT2D eigenvalue weighted by atomic mass is 10.3. The van der Waals surface area contributed by atoms with Gasteiger partial charge >= 0.3 is 0 Å². The minimum absolute atomic E-state index is 0.373. The molecule has 0 saturated carbocycles. The first kappa shape index (κ1) is 14.1. The third-order valence-corrected chi connectivity index (χ3v) is 4.57. The largest absolute Gasteiger partial charge is 0.377 e. The Morgan fingerprint density at radius 1 is 1.44 bits per heavy atom. The quantitative estimate of drug-likeness (QED) is 0.611. The van der Waals surface area contributed by atoms with E-state index in [9.17, 15) is 0 Å². The van der Waals surface area contributed by atoms with Crippen molar-refractivity contribution in [3.63, 3.8) is 0 Å². The first-order valence-electron chi connectivity index (χ1n) is 6.48. The third kappa shape index (κ3) is 3.59. The van der Waals surface area contributed by atoms with Crippen LogP contribution >= 0.6 is 23.4 Å². The van der Waals surface area contributed by atoms with Crippen molar-refractivity contribution in [2.45, 2.75) is 50.7 Å². The van der Waals surface area contributed by atoms with Crippen molar-refractivity contribution in [3.05, 3.63) is 16.5 Å². The SMILES string of the molecule is CCCc1nc(Cl)c(C)c(SCC2CCCO2)n1. The lowest BCUT2D eigenvalue weighted by molar-refractivity contribution is 0.129. The zero-order chi connectivity index (χ0) is 13.0. The Bertz CT molecular complexity index is 408. The van der Waals surface area contributed by atoms with Crippen LogP contribution in [0.3, 0.4) is 0 Å². The molecule has 1 fully saturated rings. The van der Waals surface area contributed by atoms with Gasteiger partial charge in [-0.05, 0) is 26.2 Å². The predicted octanol–water partition coefficient (Wildman–Crippen LogP) is 3.66. The summed E-state index contributed by atoms with van der Waals surface area (Å²) in [5.74, 6) is 1.81. The van der Waals surface area contributed by atoms with E-state index in [4.69, 9.17) is 16.3 Å². The summed E-state index contributed by atoms with van der Waals surface area (Å²) in [4.78, 5) is 8.91. The molecule has 1 aromatic heterocycles. The van der Waals surface area contributed by atoms with E-state index in [1.54, 1.807) is 11.8 Å². The minimum atomic E-state index is 0.373. The second-order valence-corrected chi connectivity index (χ2v) is 5.92. The number of hydrogen-bond acceptors (Lipinski definition) is 4. The third-order valence-electron chi connectivity index (χ3n) is 2.99. The molecule has 1 aromatic rings. The van der Waals surface area contributed by atoms with Crippen LogP contribution in [-0.2, 0) is 11.2 Å². The Morgan fingerprint density at radius 3 is 2.94 bits per heavy atom. The maximum absolute atomic E-state index is 6.15. The standard InChI is InChI=1S/C13H19ClN2OS/c1-3-5-11-15-12(14)9(2)13(16-11)18-8-10-6-4-7-17-10/h10H,3-8H2,1-2H3. The Labute approximate surface area is 118 Å². The minimum Gasteiger partial charge on any atom is -0.377 e. The van der Waals surface area contributed by atoms with E-state index in [2.05, 4.69) is 16.9 Å². The average molecular weight is 287 g/mol. The van der Waals surface area contributed by atoms with Gasteiger partial charge in [0, 0.05) is 24.3 Å². The molecular formula is C13H19ClN2OS. The summed E-state index contributed by atoms with van der Waals surface area (Å²) >= 11 is 7.89. The lowest BCUT2D eigenvalue weighted by Gasteiger charge is -2.11. The molecule has 100 valence electrons. The second-order valence-electron chi connectivity index (χ2n) is 4.56. The molecule has 1 aliphatic rings. The van der Waals surface area contributed by atoms with Gasteiger partial charge in [-0.3, -0.25) is 0 Å². The van der Waals surface area contributed by atoms with Gasteiger partial charge in [0.05, 0.1) is 6.10 Å². The van der Waals surface area contributed by atoms with Crippen LogP contribution in [-0.4, -0.2) is 28.4 Å². The van der Waals surface area contributed by atoms with E-state index < -0.39 is 0 Å². The van der Waals surface area contributed by atoms with Crippen LogP contribution in [0.1, 0.15) is 37.6 Å². The number of ether oxygens (including phenoxy) is 1. The van der Waals surface area contributed by atoms with E-state index in [-0.39, 0.29) is 0 Å². The van der Waals surface area contributed by atoms with Crippen LogP contribution in [0.4, 0.5) is 0 Å². The summed E-state index contributed by atoms with van der Waals surface area (Å²) in [6.45, 7) is 5.00. The van der Waals surface area contributed by atoms with Crippen molar-refractivity contribution in [1.82, 2.24) is 9.97 Å². The van der Waals surface area contributed by atoms with Crippen molar-refractivity contribution < 1.29 is 4.74 Å². The van der Waals surface area contributed by atoms with Crippen LogP contribution in [0.15, 0.2) is 5.03 Å². The van der Waals surface area contributed by atoms with Gasteiger partial charge in [-0.25, -0.2) is 9.97 Å². The van der Waals surface area contributed by atoms with Crippen molar-refractivity contribution in [2.24, 2.45) is 0 Å². The van der Waals surface area contributed by atoms with Gasteiger partial charge in [-0.15, -0.1) is 11.8 Å². The summed E-state index contributed by atoms with van der Waals surface area (Å²) in [6, 6.07) is 0. The fourth-order valence-electron chi connectivity index (χ4n) is 1.94. The van der Waals surface area contributed by atoms with Crippen molar-refractivity contribution in [2.75, 3.05) is 12.4 Å². The Morgan fingerprint density at radius 2 is 2.28 bits per heavy atom. The molecule has 0 amide bonds. The molecule has 1 aliphatic heterocycles. The highest BCUT2D eigenvalue weighted by Gasteiger charge is 2.17. The normalized spacial score (nSPS) is 19.4. The maximum Gasteiger partial charge on any atom is 0.136 e. The van der Waals surface area contributed by atoms with Gasteiger partial charge in [0.15, 0.2) is 0 Å². The first-order valence-corrected chi connectivity index (χ1v) is 7.84. The number of aromatic nitrogens is 2. The van der Waals surface area contributed by atoms with E-state index >= 15 is 0 Å². The highest BCUT2D eigenvalue weighted by Crippen LogP contribution is 2.28. The second kappa shape index (κ2) is 6.73. The number of thioether (sulfide) groups is 1. The van der Waals surface area contributed by atoms with Crippen LogP contribution < -0.4 is 0 Å². The zero-order valence-electron chi connectivity index (χ0n) is 10.9. The molecule has 1 saturated heterocycles. The Kier molecular flexibility index (Phi) is 5.27. The number of hydrogen-bond donors (Lipinski definition) is 0. The van der Waals surface area contributed by atoms with Crippen molar-refractivity contribution in [3.8, 4) is 0 Å². The van der Waals surface area contributed by atoms with E-state index in [0.717, 1.165) is 48.0 Å². The van der Waals surface area contributed by atoms with Gasteiger partial charge in [0.1, 0.15) is 16.0 Å². The molecule has 2 heterocycles. The summed E-state index contributed by atoms with van der Waals surface area (Å²) in [5.41, 5.74) is 0.986. The monoisotopic (exact) mass is 286 g/mol. The summed E-state index contributed by atoms with van der Waals surface area (Å²) in [6.07, 6.45) is 4.63. The van der Waals surface area contributed by atoms with Gasteiger partial charge in [0.25, 0.3) is 0 Å². The van der Waals surface area contributed by atoms with Gasteiger partial charge in [-0.2, -0.15) is 0 Å². The molecule has 0 bridgehead atoms. The summed E-state index contributed by atoms with van der Waals surface area (Å²) in [5, 5.41) is 1.59.